The zero-order chi connectivity index (χ0) is 91.4. The Morgan fingerprint density at radius 3 is 1.06 bits per heavy atom. The van der Waals surface area contributed by atoms with Crippen LogP contribution >= 0.6 is 0 Å². The molecule has 2 aliphatic rings. The number of hydrogen-bond acceptors (Lipinski definition) is 2. The van der Waals surface area contributed by atoms with E-state index in [2.05, 4.69) is 418 Å². The molecular formula is C118H98BN5. The van der Waals surface area contributed by atoms with Gasteiger partial charge in [-0.25, -0.2) is 0 Å². The first-order chi connectivity index (χ1) is 63.4. The van der Waals surface area contributed by atoms with Crippen molar-refractivity contribution in [1.82, 2.24) is 14.1 Å². The Morgan fingerprint density at radius 1 is 0.266 bits per heavy atom. The van der Waals surface area contributed by atoms with E-state index in [-0.39, 0.29) is 50.1 Å². The van der Waals surface area contributed by atoms with Crippen molar-refractivity contribution in [3.8, 4) is 89.3 Å². The molecule has 3 aromatic heterocycles. The van der Waals surface area contributed by atoms with Gasteiger partial charge in [0.25, 0.3) is 6.71 Å². The molecule has 598 valence electrons. The van der Waals surface area contributed by atoms with E-state index in [9.17, 15) is 11.0 Å². The number of rotatable bonds is 11. The van der Waals surface area contributed by atoms with Gasteiger partial charge >= 0.3 is 0 Å². The highest BCUT2D eigenvalue weighted by atomic mass is 15.2. The zero-order valence-electron chi connectivity index (χ0n) is 80.0. The van der Waals surface area contributed by atoms with Gasteiger partial charge in [-0.3, -0.25) is 0 Å². The predicted molar refractivity (Wildman–Crippen MR) is 531 cm³/mol. The summed E-state index contributed by atoms with van der Waals surface area (Å²) in [6, 6.07) is 114. The van der Waals surface area contributed by atoms with E-state index < -0.39 is 48.4 Å². The van der Waals surface area contributed by atoms with Gasteiger partial charge in [0, 0.05) is 88.6 Å². The number of hydrogen-bond donors (Lipinski definition) is 1. The summed E-state index contributed by atoms with van der Waals surface area (Å²) in [4.78, 5) is 9.55. The van der Waals surface area contributed by atoms with E-state index >= 15 is 0 Å². The van der Waals surface area contributed by atoms with Crippen LogP contribution in [0, 0.1) is 0 Å². The van der Waals surface area contributed by atoms with Crippen LogP contribution < -0.4 is 26.2 Å². The third kappa shape index (κ3) is 12.3. The SMILES string of the molecule is [2H]c1c([2H])c([2H])c2c(c1[2H])c1c([2H])c([2H])c([2H])c([2H])c1n2-c1ccc2c(c1)N(c1c(-c3ccccc3)cc(C(C)(C)C)cc1-c1ccccc1)c1c3c(cc4[nH]c5c(-c6ccccc6-c6ccccc6-c6ccccc6)cccc5c14)N(c1c(-c4ccccc4)cc(C(C)(C)C)cc1-c1ccccc1)c1cc(-n4c5ccc(C(C)(C)C)cc5c5cc(C(C)(C)C)ccc54)ccc1B23. The summed E-state index contributed by atoms with van der Waals surface area (Å²) in [5, 5.41) is 4.23. The molecule has 0 amide bonds. The summed E-state index contributed by atoms with van der Waals surface area (Å²) in [6.07, 6.45) is 0. The zero-order valence-corrected chi connectivity index (χ0v) is 72.0. The Labute approximate surface area is 739 Å². The molecule has 22 rings (SSSR count). The molecule has 2 aliphatic heterocycles. The van der Waals surface area contributed by atoms with Crippen LogP contribution in [0.15, 0.2) is 370 Å². The molecule has 0 unspecified atom stereocenters. The molecule has 0 spiro atoms. The highest BCUT2D eigenvalue weighted by molar-refractivity contribution is 7.00. The van der Waals surface area contributed by atoms with Crippen LogP contribution in [-0.2, 0) is 21.7 Å². The molecule has 0 radical (unpaired) electrons. The maximum Gasteiger partial charge on any atom is 0.252 e. The Hall–Kier alpha value is -14.2. The van der Waals surface area contributed by atoms with Crippen molar-refractivity contribution in [3.63, 3.8) is 0 Å². The second kappa shape index (κ2) is 28.7. The molecule has 124 heavy (non-hydrogen) atoms. The Bertz CT molecular complexity index is 7940. The van der Waals surface area contributed by atoms with Gasteiger partial charge < -0.3 is 23.9 Å². The highest BCUT2D eigenvalue weighted by Gasteiger charge is 2.48. The molecule has 0 atom stereocenters. The minimum atomic E-state index is -0.624. The first-order valence-corrected chi connectivity index (χ1v) is 43.3. The number of nitrogens with zero attached hydrogens (tertiary/aromatic N) is 4. The van der Waals surface area contributed by atoms with Gasteiger partial charge in [0.15, 0.2) is 0 Å². The second-order valence-electron chi connectivity index (χ2n) is 37.9. The fraction of sp³-hybridized carbons (Fsp3) is 0.136. The first-order valence-electron chi connectivity index (χ1n) is 47.3. The first kappa shape index (κ1) is 67.5. The molecule has 6 heteroatoms. The van der Waals surface area contributed by atoms with E-state index in [1.54, 1.807) is 4.57 Å². The molecule has 0 saturated heterocycles. The van der Waals surface area contributed by atoms with Crippen LogP contribution in [0.3, 0.4) is 0 Å². The van der Waals surface area contributed by atoms with Crippen LogP contribution in [0.1, 0.15) is 116 Å². The molecular weight excluding hydrogens is 1500 g/mol. The lowest BCUT2D eigenvalue weighted by molar-refractivity contribution is 0.590. The molecule has 5 nitrogen and oxygen atoms in total. The maximum atomic E-state index is 10.1. The monoisotopic (exact) mass is 1600 g/mol. The lowest BCUT2D eigenvalue weighted by atomic mass is 9.33. The molecule has 1 N–H and O–H groups in total. The van der Waals surface area contributed by atoms with Crippen molar-refractivity contribution >= 4 is 123 Å². The van der Waals surface area contributed by atoms with Gasteiger partial charge in [0.1, 0.15) is 0 Å². The smallest absolute Gasteiger partial charge is 0.252 e. The van der Waals surface area contributed by atoms with E-state index in [1.807, 2.05) is 6.07 Å². The summed E-state index contributed by atoms with van der Waals surface area (Å²) in [5.74, 6) is 0. The highest BCUT2D eigenvalue weighted by Crippen LogP contribution is 2.58. The number of nitrogens with one attached hydrogen (secondary N) is 1. The van der Waals surface area contributed by atoms with E-state index in [1.165, 1.54) is 27.5 Å². The molecule has 0 fully saturated rings. The van der Waals surface area contributed by atoms with Crippen LogP contribution in [0.25, 0.3) is 155 Å². The molecule has 20 aromatic rings. The normalized spacial score (nSPS) is 13.9. The molecule has 0 aliphatic carbocycles. The minimum Gasteiger partial charge on any atom is -0.354 e. The van der Waals surface area contributed by atoms with Crippen molar-refractivity contribution in [3.05, 3.63) is 392 Å². The lowest BCUT2D eigenvalue weighted by Crippen LogP contribution is -2.61. The maximum absolute atomic E-state index is 10.1. The molecule has 0 saturated carbocycles. The standard InChI is InChI=1S/C118H98BN5/c1-115(2,3)79-57-63-104-97(65-79)98-66-80(116(4,5)6)58-64-105(98)122(104)83-59-61-99-106(71-83)123(112-93(75-39-20-14-21-40-75)67-81(117(7,8)9)68-94(112)76-41-22-15-23-42-76)108-73-101-109(92-54-36-53-91(111(92)120-101)88-50-31-30-49-87(88)86-48-29-28-47-85(86)74-37-18-13-19-38-74)114-110(108)119(99)100-62-60-84(121-102-55-34-32-51-89(102)90-52-33-35-56-103(90)121)72-107(100)124(114)113-95(77-43-24-16-25-44-77)69-82(118(10,11)12)70-96(113)78-45-26-17-27-46-78/h13-73,120H,1-12H3/i32D,33D,34D,35D,51D,52D,55D,56D. The van der Waals surface area contributed by atoms with Crippen molar-refractivity contribution in [1.29, 1.82) is 0 Å². The van der Waals surface area contributed by atoms with Gasteiger partial charge in [0.2, 0.25) is 0 Å². The fourth-order valence-corrected chi connectivity index (χ4v) is 19.8. The topological polar surface area (TPSA) is 32.1 Å². The Morgan fingerprint density at radius 2 is 0.629 bits per heavy atom. The summed E-state index contributed by atoms with van der Waals surface area (Å²) < 4.78 is 81.8. The third-order valence-corrected chi connectivity index (χ3v) is 26.1. The van der Waals surface area contributed by atoms with E-state index in [0.717, 1.165) is 172 Å². The summed E-state index contributed by atoms with van der Waals surface area (Å²) in [6.45, 7) is 26.9. The number of H-pyrrole nitrogens is 1. The number of para-hydroxylation sites is 3. The largest absolute Gasteiger partial charge is 0.354 e. The minimum absolute atomic E-state index is 0.00518. The number of benzene rings is 17. The lowest BCUT2D eigenvalue weighted by Gasteiger charge is -2.46. The fourth-order valence-electron chi connectivity index (χ4n) is 19.8. The molecule has 5 heterocycles. The van der Waals surface area contributed by atoms with Gasteiger partial charge in [-0.05, 0) is 201 Å². The average molecular weight is 1600 g/mol. The van der Waals surface area contributed by atoms with Crippen molar-refractivity contribution in [2.75, 3.05) is 9.80 Å². The molecule has 17 aromatic carbocycles. The number of aromatic amines is 1. The number of anilines is 6. The van der Waals surface area contributed by atoms with Gasteiger partial charge in [0.05, 0.1) is 61.1 Å². The van der Waals surface area contributed by atoms with Crippen LogP contribution in [0.4, 0.5) is 34.1 Å². The number of fused-ring (bicyclic) bond motifs is 14. The average Bonchev–Trinajstić information content (AvgIpc) is 1.23. The Kier molecular flexibility index (Phi) is 15.6. The van der Waals surface area contributed by atoms with Crippen LogP contribution in [0.2, 0.25) is 0 Å². The number of aromatic nitrogens is 3. The van der Waals surface area contributed by atoms with Crippen molar-refractivity contribution in [2.45, 2.75) is 105 Å². The molecule has 0 bridgehead atoms. The van der Waals surface area contributed by atoms with Crippen molar-refractivity contribution < 1.29 is 11.0 Å². The second-order valence-corrected chi connectivity index (χ2v) is 37.9. The summed E-state index contributed by atoms with van der Waals surface area (Å²) >= 11 is 0. The predicted octanol–water partition coefficient (Wildman–Crippen LogP) is 30.5. The quantitative estimate of drug-likeness (QED) is 0.131. The van der Waals surface area contributed by atoms with Crippen molar-refractivity contribution in [2.24, 2.45) is 0 Å². The third-order valence-electron chi connectivity index (χ3n) is 26.1. The summed E-state index contributed by atoms with van der Waals surface area (Å²) in [5.41, 5.74) is 31.7. The van der Waals surface area contributed by atoms with Crippen LogP contribution in [-0.4, -0.2) is 20.8 Å². The Balaban J connectivity index is 0.971. The van der Waals surface area contributed by atoms with Gasteiger partial charge in [-0.1, -0.05) is 362 Å². The summed E-state index contributed by atoms with van der Waals surface area (Å²) in [7, 11) is 0. The van der Waals surface area contributed by atoms with Gasteiger partial charge in [-0.15, -0.1) is 0 Å². The van der Waals surface area contributed by atoms with Crippen LogP contribution in [0.5, 0.6) is 0 Å². The van der Waals surface area contributed by atoms with E-state index in [0.29, 0.717) is 5.69 Å². The van der Waals surface area contributed by atoms with E-state index in [4.69, 9.17) is 0 Å². The van der Waals surface area contributed by atoms with Gasteiger partial charge in [-0.2, -0.15) is 0 Å².